The zero-order valence-electron chi connectivity index (χ0n) is 13.9. The number of nitrogens with zero attached hydrogens (tertiary/aromatic N) is 1. The van der Waals surface area contributed by atoms with E-state index in [0.29, 0.717) is 21.9 Å². The maximum absolute atomic E-state index is 11.6. The molecule has 0 spiro atoms. The molecule has 0 saturated carbocycles. The fourth-order valence-electron chi connectivity index (χ4n) is 3.60. The highest BCUT2D eigenvalue weighted by molar-refractivity contribution is 8.00. The molecule has 4 rings (SSSR count). The predicted molar refractivity (Wildman–Crippen MR) is 107 cm³/mol. The molecule has 126 valence electrons. The minimum Gasteiger partial charge on any atom is -0.360 e. The van der Waals surface area contributed by atoms with Crippen LogP contribution in [0.1, 0.15) is 16.8 Å². The van der Waals surface area contributed by atoms with Gasteiger partial charge in [0.15, 0.2) is 6.29 Å². The molecule has 0 N–H and O–H groups in total. The van der Waals surface area contributed by atoms with Gasteiger partial charge in [-0.15, -0.1) is 0 Å². The van der Waals surface area contributed by atoms with Gasteiger partial charge in [0.05, 0.1) is 11.1 Å². The van der Waals surface area contributed by atoms with Crippen LogP contribution in [-0.4, -0.2) is 18.7 Å². The Labute approximate surface area is 157 Å². The average Bonchev–Trinajstić information content (AvgIpc) is 2.99. The summed E-state index contributed by atoms with van der Waals surface area (Å²) in [7, 11) is 2.15. The van der Waals surface area contributed by atoms with Crippen molar-refractivity contribution < 1.29 is 4.79 Å². The Hall–Kier alpha value is -1.97. The number of hydrogen-bond donors (Lipinski definition) is 0. The molecule has 1 aliphatic carbocycles. The lowest BCUT2D eigenvalue weighted by molar-refractivity contribution is 0.112. The highest BCUT2D eigenvalue weighted by Crippen LogP contribution is 2.51. The van der Waals surface area contributed by atoms with Crippen LogP contribution in [0.15, 0.2) is 65.6 Å². The van der Waals surface area contributed by atoms with Gasteiger partial charge < -0.3 is 4.90 Å². The van der Waals surface area contributed by atoms with Gasteiger partial charge in [0.1, 0.15) is 0 Å². The number of thioether (sulfide) groups is 1. The number of allylic oxidation sites excluding steroid dienone is 3. The van der Waals surface area contributed by atoms with Crippen LogP contribution in [0.2, 0.25) is 5.02 Å². The summed E-state index contributed by atoms with van der Waals surface area (Å²) in [6.07, 6.45) is 10.7. The molecule has 2 atom stereocenters. The molecule has 2 aromatic carbocycles. The normalized spacial score (nSPS) is 21.4. The third-order valence-corrected chi connectivity index (χ3v) is 6.52. The first-order chi connectivity index (χ1) is 12.2. The number of fused-ring (bicyclic) bond motifs is 1. The van der Waals surface area contributed by atoms with Gasteiger partial charge >= 0.3 is 0 Å². The Bertz CT molecular complexity index is 889. The van der Waals surface area contributed by atoms with Crippen LogP contribution >= 0.6 is 23.4 Å². The minimum absolute atomic E-state index is 0.365. The summed E-state index contributed by atoms with van der Waals surface area (Å²) in [4.78, 5) is 15.2. The summed E-state index contributed by atoms with van der Waals surface area (Å²) < 4.78 is 0. The number of rotatable bonds is 3. The van der Waals surface area contributed by atoms with Crippen molar-refractivity contribution in [1.82, 2.24) is 0 Å². The summed E-state index contributed by atoms with van der Waals surface area (Å²) in [5, 5.41) is 0.947. The van der Waals surface area contributed by atoms with Gasteiger partial charge in [-0.05, 0) is 30.2 Å². The van der Waals surface area contributed by atoms with Gasteiger partial charge in [-0.3, -0.25) is 4.79 Å². The Kier molecular flexibility index (Phi) is 4.45. The Morgan fingerprint density at radius 1 is 1.20 bits per heavy atom. The fourth-order valence-corrected chi connectivity index (χ4v) is 5.20. The molecule has 1 heterocycles. The molecule has 0 radical (unpaired) electrons. The summed E-state index contributed by atoms with van der Waals surface area (Å²) in [5.74, 6) is 0.482. The van der Waals surface area contributed by atoms with E-state index < -0.39 is 0 Å². The van der Waals surface area contributed by atoms with E-state index >= 15 is 0 Å². The number of anilines is 1. The third kappa shape index (κ3) is 2.92. The van der Waals surface area contributed by atoms with Gasteiger partial charge in [-0.1, -0.05) is 65.9 Å². The Morgan fingerprint density at radius 2 is 2.08 bits per heavy atom. The van der Waals surface area contributed by atoms with Crippen molar-refractivity contribution in [3.05, 3.63) is 71.3 Å². The zero-order valence-corrected chi connectivity index (χ0v) is 15.4. The van der Waals surface area contributed by atoms with E-state index in [-0.39, 0.29) is 0 Å². The number of benzene rings is 2. The SMILES string of the molecule is CN1c2c(cccc2-c2ccc(Cl)cc2C=O)SC1C1C=CC=CC1. The first-order valence-electron chi connectivity index (χ1n) is 8.30. The molecular formula is C21H18ClNOS. The second-order valence-corrected chi connectivity index (χ2v) is 7.93. The number of carbonyl (C=O) groups is 1. The second kappa shape index (κ2) is 6.74. The van der Waals surface area contributed by atoms with E-state index in [4.69, 9.17) is 11.6 Å². The first kappa shape index (κ1) is 16.5. The Balaban J connectivity index is 1.78. The quantitative estimate of drug-likeness (QED) is 0.637. The Morgan fingerprint density at radius 3 is 2.84 bits per heavy atom. The molecule has 0 saturated heterocycles. The highest BCUT2D eigenvalue weighted by Gasteiger charge is 2.34. The van der Waals surface area contributed by atoms with E-state index in [1.54, 1.807) is 6.07 Å². The van der Waals surface area contributed by atoms with E-state index in [9.17, 15) is 4.79 Å². The minimum atomic E-state index is 0.365. The van der Waals surface area contributed by atoms with Crippen molar-refractivity contribution in [2.75, 3.05) is 11.9 Å². The maximum Gasteiger partial charge on any atom is 0.150 e. The molecule has 25 heavy (non-hydrogen) atoms. The van der Waals surface area contributed by atoms with Crippen LogP contribution in [0.5, 0.6) is 0 Å². The van der Waals surface area contributed by atoms with Crippen LogP contribution in [0, 0.1) is 5.92 Å². The number of aldehydes is 1. The van der Waals surface area contributed by atoms with Crippen LogP contribution in [0.4, 0.5) is 5.69 Å². The van der Waals surface area contributed by atoms with Gasteiger partial charge in [0.25, 0.3) is 0 Å². The number of carbonyl (C=O) groups excluding carboxylic acids is 1. The predicted octanol–water partition coefficient (Wildman–Crippen LogP) is 5.82. The van der Waals surface area contributed by atoms with E-state index in [1.807, 2.05) is 23.9 Å². The number of halogens is 1. The molecule has 2 aromatic rings. The standard InChI is InChI=1S/C21H18ClNOS/c1-23-20-18(17-11-10-16(22)12-15(17)13-24)8-5-9-19(20)25-21(23)14-6-3-2-4-7-14/h2-6,8-14,21H,7H2,1H3. The lowest BCUT2D eigenvalue weighted by Gasteiger charge is -2.29. The summed E-state index contributed by atoms with van der Waals surface area (Å²) in [6, 6.07) is 11.8. The number of para-hydroxylation sites is 1. The molecule has 4 heteroatoms. The fraction of sp³-hybridized carbons (Fsp3) is 0.190. The maximum atomic E-state index is 11.6. The molecular weight excluding hydrogens is 350 g/mol. The van der Waals surface area contributed by atoms with Crippen molar-refractivity contribution in [2.24, 2.45) is 5.92 Å². The highest BCUT2D eigenvalue weighted by atomic mass is 35.5. The van der Waals surface area contributed by atoms with E-state index in [1.165, 1.54) is 10.6 Å². The van der Waals surface area contributed by atoms with Crippen molar-refractivity contribution in [3.63, 3.8) is 0 Å². The molecule has 1 aliphatic heterocycles. The molecule has 0 amide bonds. The van der Waals surface area contributed by atoms with E-state index in [2.05, 4.69) is 54.5 Å². The van der Waals surface area contributed by atoms with Crippen molar-refractivity contribution in [3.8, 4) is 11.1 Å². The largest absolute Gasteiger partial charge is 0.360 e. The van der Waals surface area contributed by atoms with Crippen LogP contribution in [0.3, 0.4) is 0 Å². The molecule has 0 bridgehead atoms. The lowest BCUT2D eigenvalue weighted by Crippen LogP contribution is -2.31. The topological polar surface area (TPSA) is 20.3 Å². The van der Waals surface area contributed by atoms with Crippen LogP contribution in [-0.2, 0) is 0 Å². The molecule has 0 aromatic heterocycles. The molecule has 2 nitrogen and oxygen atoms in total. The average molecular weight is 368 g/mol. The zero-order chi connectivity index (χ0) is 17.4. The summed E-state index contributed by atoms with van der Waals surface area (Å²) >= 11 is 7.97. The van der Waals surface area contributed by atoms with Crippen molar-refractivity contribution >= 4 is 35.3 Å². The molecule has 2 aliphatic rings. The first-order valence-corrected chi connectivity index (χ1v) is 9.56. The molecule has 2 unspecified atom stereocenters. The smallest absolute Gasteiger partial charge is 0.150 e. The van der Waals surface area contributed by atoms with Crippen LogP contribution < -0.4 is 4.90 Å². The molecule has 0 fully saturated rings. The second-order valence-electron chi connectivity index (χ2n) is 6.33. The lowest BCUT2D eigenvalue weighted by atomic mass is 9.96. The monoisotopic (exact) mass is 367 g/mol. The van der Waals surface area contributed by atoms with Gasteiger partial charge in [-0.25, -0.2) is 0 Å². The van der Waals surface area contributed by atoms with Gasteiger partial charge in [0, 0.05) is 34.0 Å². The van der Waals surface area contributed by atoms with Crippen LogP contribution in [0.25, 0.3) is 11.1 Å². The van der Waals surface area contributed by atoms with Crippen molar-refractivity contribution in [2.45, 2.75) is 16.7 Å². The summed E-state index contributed by atoms with van der Waals surface area (Å²) in [5.41, 5.74) is 3.85. The number of hydrogen-bond acceptors (Lipinski definition) is 3. The van der Waals surface area contributed by atoms with E-state index in [0.717, 1.165) is 23.8 Å². The summed E-state index contributed by atoms with van der Waals surface area (Å²) in [6.45, 7) is 0. The van der Waals surface area contributed by atoms with Gasteiger partial charge in [-0.2, -0.15) is 0 Å². The van der Waals surface area contributed by atoms with Crippen molar-refractivity contribution in [1.29, 1.82) is 0 Å². The third-order valence-electron chi connectivity index (χ3n) is 4.79. The van der Waals surface area contributed by atoms with Gasteiger partial charge in [0.2, 0.25) is 0 Å².